The van der Waals surface area contributed by atoms with Gasteiger partial charge in [-0.15, -0.1) is 0 Å². The van der Waals surface area contributed by atoms with Gasteiger partial charge in [0, 0.05) is 17.8 Å². The zero-order valence-corrected chi connectivity index (χ0v) is 15.3. The van der Waals surface area contributed by atoms with Crippen LogP contribution in [0.15, 0.2) is 36.4 Å². The first kappa shape index (κ1) is 19.4. The molecule has 0 spiro atoms. The number of carbonyl (C=O) groups is 2. The molecule has 0 bridgehead atoms. The lowest BCUT2D eigenvalue weighted by atomic mass is 10.2. The summed E-state index contributed by atoms with van der Waals surface area (Å²) in [6.07, 6.45) is 0. The van der Waals surface area contributed by atoms with Crippen LogP contribution in [0.1, 0.15) is 10.4 Å². The normalized spacial score (nSPS) is 10.0. The maximum absolute atomic E-state index is 12.1. The quantitative estimate of drug-likeness (QED) is 0.773. The van der Waals surface area contributed by atoms with Crippen LogP contribution in [0.3, 0.4) is 0 Å². The zero-order chi connectivity index (χ0) is 19.1. The number of nitrogens with one attached hydrogen (secondary N) is 2. The van der Waals surface area contributed by atoms with E-state index in [1.165, 1.54) is 21.3 Å². The Kier molecular flexibility index (Phi) is 6.68. The molecular weight excluding hydrogens is 360 g/mol. The van der Waals surface area contributed by atoms with Gasteiger partial charge in [0.2, 0.25) is 11.7 Å². The predicted molar refractivity (Wildman–Crippen MR) is 98.5 cm³/mol. The number of carbonyl (C=O) groups excluding carboxylic acids is 2. The van der Waals surface area contributed by atoms with E-state index < -0.39 is 11.8 Å². The van der Waals surface area contributed by atoms with Gasteiger partial charge in [-0.05, 0) is 12.1 Å². The van der Waals surface area contributed by atoms with Gasteiger partial charge in [0.25, 0.3) is 5.91 Å². The summed E-state index contributed by atoms with van der Waals surface area (Å²) in [4.78, 5) is 24.2. The molecule has 0 unspecified atom stereocenters. The van der Waals surface area contributed by atoms with E-state index >= 15 is 0 Å². The molecule has 0 aliphatic rings. The topological polar surface area (TPSA) is 85.9 Å². The van der Waals surface area contributed by atoms with Crippen molar-refractivity contribution >= 4 is 29.1 Å². The molecule has 0 aromatic heterocycles. The summed E-state index contributed by atoms with van der Waals surface area (Å²) in [5, 5.41) is 5.49. The number of amides is 2. The van der Waals surface area contributed by atoms with Crippen LogP contribution in [0, 0.1) is 0 Å². The monoisotopic (exact) mass is 378 g/mol. The average molecular weight is 379 g/mol. The van der Waals surface area contributed by atoms with E-state index in [1.54, 1.807) is 36.4 Å². The van der Waals surface area contributed by atoms with Crippen LogP contribution >= 0.6 is 11.6 Å². The largest absolute Gasteiger partial charge is 0.493 e. The summed E-state index contributed by atoms with van der Waals surface area (Å²) in [5.74, 6) is 0.375. The van der Waals surface area contributed by atoms with Gasteiger partial charge in [0.15, 0.2) is 11.5 Å². The minimum Gasteiger partial charge on any atom is -0.493 e. The van der Waals surface area contributed by atoms with Gasteiger partial charge >= 0.3 is 0 Å². The molecule has 0 atom stereocenters. The molecule has 7 nitrogen and oxygen atoms in total. The Balaban J connectivity index is 2.04. The van der Waals surface area contributed by atoms with Gasteiger partial charge in [-0.3, -0.25) is 9.59 Å². The van der Waals surface area contributed by atoms with E-state index in [-0.39, 0.29) is 6.54 Å². The number of halogens is 1. The molecule has 0 heterocycles. The lowest BCUT2D eigenvalue weighted by Crippen LogP contribution is -2.33. The van der Waals surface area contributed by atoms with Crippen molar-refractivity contribution in [2.45, 2.75) is 0 Å². The smallest absolute Gasteiger partial charge is 0.253 e. The highest BCUT2D eigenvalue weighted by Crippen LogP contribution is 2.39. The maximum Gasteiger partial charge on any atom is 0.253 e. The van der Waals surface area contributed by atoms with Crippen molar-refractivity contribution in [1.82, 2.24) is 5.32 Å². The van der Waals surface area contributed by atoms with Crippen LogP contribution in [-0.2, 0) is 4.79 Å². The Labute approximate surface area is 156 Å². The standard InChI is InChI=1S/C18H19ClN2O5/c1-24-14-8-11(9-15(25-2)17(14)26-3)21-16(22)10-20-18(23)12-6-4-5-7-13(12)19/h4-9H,10H2,1-3H3,(H,20,23)(H,21,22). The summed E-state index contributed by atoms with van der Waals surface area (Å²) in [6, 6.07) is 9.78. The first-order valence-corrected chi connectivity index (χ1v) is 8.00. The second-order valence-electron chi connectivity index (χ2n) is 5.12. The molecule has 2 aromatic carbocycles. The third-order valence-corrected chi connectivity index (χ3v) is 3.81. The van der Waals surface area contributed by atoms with Crippen LogP contribution in [0.4, 0.5) is 5.69 Å². The number of hydrogen-bond acceptors (Lipinski definition) is 5. The molecular formula is C18H19ClN2O5. The van der Waals surface area contributed by atoms with Crippen molar-refractivity contribution in [3.05, 3.63) is 47.0 Å². The molecule has 2 rings (SSSR count). The van der Waals surface area contributed by atoms with E-state index in [1.807, 2.05) is 0 Å². The van der Waals surface area contributed by atoms with Gasteiger partial charge < -0.3 is 24.8 Å². The number of benzene rings is 2. The fourth-order valence-corrected chi connectivity index (χ4v) is 2.48. The number of methoxy groups -OCH3 is 3. The Morgan fingerprint density at radius 1 is 1.00 bits per heavy atom. The average Bonchev–Trinajstić information content (AvgIpc) is 2.65. The lowest BCUT2D eigenvalue weighted by Gasteiger charge is -2.14. The van der Waals surface area contributed by atoms with Gasteiger partial charge in [-0.1, -0.05) is 23.7 Å². The van der Waals surface area contributed by atoms with Crippen LogP contribution in [-0.4, -0.2) is 39.7 Å². The first-order valence-electron chi connectivity index (χ1n) is 7.62. The van der Waals surface area contributed by atoms with Crippen molar-refractivity contribution < 1.29 is 23.8 Å². The fourth-order valence-electron chi connectivity index (χ4n) is 2.26. The second-order valence-corrected chi connectivity index (χ2v) is 5.53. The van der Waals surface area contributed by atoms with Gasteiger partial charge in [-0.2, -0.15) is 0 Å². The van der Waals surface area contributed by atoms with Gasteiger partial charge in [0.1, 0.15) is 0 Å². The molecule has 0 fully saturated rings. The summed E-state index contributed by atoms with van der Waals surface area (Å²) in [6.45, 7) is -0.222. The Morgan fingerprint density at radius 2 is 1.62 bits per heavy atom. The molecule has 138 valence electrons. The molecule has 0 saturated heterocycles. The van der Waals surface area contributed by atoms with Gasteiger partial charge in [0.05, 0.1) is 38.5 Å². The van der Waals surface area contributed by atoms with Crippen LogP contribution in [0.5, 0.6) is 17.2 Å². The highest BCUT2D eigenvalue weighted by Gasteiger charge is 2.15. The third kappa shape index (κ3) is 4.58. The Bertz CT molecular complexity index is 785. The van der Waals surface area contributed by atoms with Crippen molar-refractivity contribution in [3.8, 4) is 17.2 Å². The van der Waals surface area contributed by atoms with Crippen molar-refractivity contribution in [1.29, 1.82) is 0 Å². The predicted octanol–water partition coefficient (Wildman–Crippen LogP) is 2.73. The number of rotatable bonds is 7. The third-order valence-electron chi connectivity index (χ3n) is 3.48. The highest BCUT2D eigenvalue weighted by atomic mass is 35.5. The van der Waals surface area contributed by atoms with Crippen molar-refractivity contribution in [3.63, 3.8) is 0 Å². The summed E-state index contributed by atoms with van der Waals surface area (Å²) in [7, 11) is 4.45. The fraction of sp³-hybridized carbons (Fsp3) is 0.222. The molecule has 8 heteroatoms. The maximum atomic E-state index is 12.1. The van der Waals surface area contributed by atoms with Crippen LogP contribution in [0.2, 0.25) is 5.02 Å². The van der Waals surface area contributed by atoms with E-state index in [9.17, 15) is 9.59 Å². The Hall–Kier alpha value is -2.93. The molecule has 0 radical (unpaired) electrons. The molecule has 0 saturated carbocycles. The molecule has 26 heavy (non-hydrogen) atoms. The molecule has 2 N–H and O–H groups in total. The van der Waals surface area contributed by atoms with E-state index in [4.69, 9.17) is 25.8 Å². The van der Waals surface area contributed by atoms with E-state index in [0.717, 1.165) is 0 Å². The van der Waals surface area contributed by atoms with Crippen LogP contribution < -0.4 is 24.8 Å². The minimum absolute atomic E-state index is 0.222. The van der Waals surface area contributed by atoms with Gasteiger partial charge in [-0.25, -0.2) is 0 Å². The molecule has 0 aliphatic heterocycles. The van der Waals surface area contributed by atoms with E-state index in [0.29, 0.717) is 33.5 Å². The zero-order valence-electron chi connectivity index (χ0n) is 14.6. The Morgan fingerprint density at radius 3 is 2.15 bits per heavy atom. The lowest BCUT2D eigenvalue weighted by molar-refractivity contribution is -0.115. The molecule has 2 aromatic rings. The highest BCUT2D eigenvalue weighted by molar-refractivity contribution is 6.33. The number of ether oxygens (including phenoxy) is 3. The van der Waals surface area contributed by atoms with Crippen molar-refractivity contribution in [2.75, 3.05) is 33.2 Å². The van der Waals surface area contributed by atoms with Crippen molar-refractivity contribution in [2.24, 2.45) is 0 Å². The number of hydrogen-bond donors (Lipinski definition) is 2. The number of anilines is 1. The molecule has 0 aliphatic carbocycles. The SMILES string of the molecule is COc1cc(NC(=O)CNC(=O)c2ccccc2Cl)cc(OC)c1OC. The second kappa shape index (κ2) is 8.96. The first-order chi connectivity index (χ1) is 12.5. The summed E-state index contributed by atoms with van der Waals surface area (Å²) in [5.41, 5.74) is 0.742. The van der Waals surface area contributed by atoms with E-state index in [2.05, 4.69) is 10.6 Å². The molecule has 2 amide bonds. The summed E-state index contributed by atoms with van der Waals surface area (Å²) >= 11 is 5.96. The summed E-state index contributed by atoms with van der Waals surface area (Å²) < 4.78 is 15.7. The minimum atomic E-state index is -0.435. The van der Waals surface area contributed by atoms with Crippen LogP contribution in [0.25, 0.3) is 0 Å².